The molecular formula is C19H22N4O3. The Balaban J connectivity index is 1.91. The first kappa shape index (κ1) is 17.7. The van der Waals surface area contributed by atoms with Gasteiger partial charge in [-0.25, -0.2) is 4.98 Å². The number of anilines is 2. The molecule has 0 bridgehead atoms. The summed E-state index contributed by atoms with van der Waals surface area (Å²) >= 11 is 0. The molecule has 1 atom stereocenters. The normalized spacial score (nSPS) is 16.2. The van der Waals surface area contributed by atoms with Crippen LogP contribution in [0.3, 0.4) is 0 Å². The molecule has 0 saturated heterocycles. The number of hydrogen-bond acceptors (Lipinski definition) is 5. The van der Waals surface area contributed by atoms with Crippen molar-refractivity contribution in [3.8, 4) is 5.75 Å². The maximum Gasteiger partial charge on any atom is 0.274 e. The third kappa shape index (κ3) is 3.77. The molecule has 3 N–H and O–H groups in total. The number of ether oxygens (including phenoxy) is 1. The van der Waals surface area contributed by atoms with E-state index in [1.165, 1.54) is 4.90 Å². The highest BCUT2D eigenvalue weighted by atomic mass is 16.5. The summed E-state index contributed by atoms with van der Waals surface area (Å²) in [5, 5.41) is 2.82. The highest BCUT2D eigenvalue weighted by Crippen LogP contribution is 2.37. The molecule has 2 amide bonds. The van der Waals surface area contributed by atoms with Crippen molar-refractivity contribution in [1.82, 2.24) is 10.3 Å². The van der Waals surface area contributed by atoms with E-state index < -0.39 is 6.10 Å². The lowest BCUT2D eigenvalue weighted by atomic mass is 10.1. The Labute approximate surface area is 152 Å². The standard InChI is InChI=1S/C19H22N4O3/c1-12(2)10-21-16(24)11-23-18-14(8-9-15(20)22-18)26-17(19(23)25)13-6-4-3-5-7-13/h3-9,12,17H,10-11H2,1-2H3,(H2,20,22)(H,21,24). The lowest BCUT2D eigenvalue weighted by molar-refractivity contribution is -0.129. The molecule has 1 aliphatic rings. The van der Waals surface area contributed by atoms with E-state index in [9.17, 15) is 9.59 Å². The predicted octanol–water partition coefficient (Wildman–Crippen LogP) is 1.90. The van der Waals surface area contributed by atoms with E-state index in [0.29, 0.717) is 23.8 Å². The van der Waals surface area contributed by atoms with E-state index >= 15 is 0 Å². The summed E-state index contributed by atoms with van der Waals surface area (Å²) < 4.78 is 5.85. The molecule has 26 heavy (non-hydrogen) atoms. The Morgan fingerprint density at radius 3 is 2.69 bits per heavy atom. The van der Waals surface area contributed by atoms with Crippen LogP contribution in [0.1, 0.15) is 25.5 Å². The first-order valence-electron chi connectivity index (χ1n) is 8.52. The van der Waals surface area contributed by atoms with Crippen LogP contribution in [-0.4, -0.2) is 29.9 Å². The van der Waals surface area contributed by atoms with Crippen molar-refractivity contribution in [2.45, 2.75) is 20.0 Å². The molecule has 2 heterocycles. The maximum absolute atomic E-state index is 13.0. The van der Waals surface area contributed by atoms with Gasteiger partial charge in [0.15, 0.2) is 11.6 Å². The van der Waals surface area contributed by atoms with Crippen LogP contribution in [0, 0.1) is 5.92 Å². The molecule has 0 fully saturated rings. The van der Waals surface area contributed by atoms with Gasteiger partial charge in [0.2, 0.25) is 12.0 Å². The molecule has 0 saturated carbocycles. The first-order valence-corrected chi connectivity index (χ1v) is 8.52. The SMILES string of the molecule is CC(C)CNC(=O)CN1C(=O)C(c2ccccc2)Oc2ccc(N)nc21. The zero-order chi connectivity index (χ0) is 18.7. The molecule has 1 aromatic heterocycles. The van der Waals surface area contributed by atoms with Gasteiger partial charge in [0.25, 0.3) is 5.91 Å². The number of rotatable bonds is 5. The minimum Gasteiger partial charge on any atom is -0.472 e. The zero-order valence-electron chi connectivity index (χ0n) is 14.8. The average Bonchev–Trinajstić information content (AvgIpc) is 2.63. The molecule has 1 aliphatic heterocycles. The smallest absolute Gasteiger partial charge is 0.274 e. The topological polar surface area (TPSA) is 97.5 Å². The summed E-state index contributed by atoms with van der Waals surface area (Å²) in [5.74, 6) is 0.659. The quantitative estimate of drug-likeness (QED) is 0.855. The highest BCUT2D eigenvalue weighted by molar-refractivity contribution is 6.03. The van der Waals surface area contributed by atoms with Crippen LogP contribution in [0.15, 0.2) is 42.5 Å². The van der Waals surface area contributed by atoms with Gasteiger partial charge in [0.05, 0.1) is 0 Å². The Morgan fingerprint density at radius 2 is 2.00 bits per heavy atom. The van der Waals surface area contributed by atoms with Crippen molar-refractivity contribution in [3.63, 3.8) is 0 Å². The van der Waals surface area contributed by atoms with E-state index in [4.69, 9.17) is 10.5 Å². The number of carbonyl (C=O) groups excluding carboxylic acids is 2. The fourth-order valence-electron chi connectivity index (χ4n) is 2.67. The zero-order valence-corrected chi connectivity index (χ0v) is 14.8. The number of nitrogen functional groups attached to an aromatic ring is 1. The minimum atomic E-state index is -0.827. The minimum absolute atomic E-state index is 0.137. The molecule has 0 radical (unpaired) electrons. The number of benzene rings is 1. The molecule has 0 spiro atoms. The molecule has 3 rings (SSSR count). The second kappa shape index (κ2) is 7.43. The van der Waals surface area contributed by atoms with Crippen molar-refractivity contribution in [2.24, 2.45) is 5.92 Å². The van der Waals surface area contributed by atoms with Crippen molar-refractivity contribution in [1.29, 1.82) is 0 Å². The summed E-state index contributed by atoms with van der Waals surface area (Å²) in [6.07, 6.45) is -0.827. The maximum atomic E-state index is 13.0. The van der Waals surface area contributed by atoms with Crippen LogP contribution in [0.25, 0.3) is 0 Å². The van der Waals surface area contributed by atoms with Crippen LogP contribution in [0.5, 0.6) is 5.75 Å². The van der Waals surface area contributed by atoms with Gasteiger partial charge in [0.1, 0.15) is 12.4 Å². The molecule has 1 aromatic carbocycles. The van der Waals surface area contributed by atoms with E-state index in [1.54, 1.807) is 12.1 Å². The molecule has 2 aromatic rings. The van der Waals surface area contributed by atoms with E-state index in [1.807, 2.05) is 44.2 Å². The third-order valence-electron chi connectivity index (χ3n) is 3.96. The number of carbonyl (C=O) groups is 2. The van der Waals surface area contributed by atoms with Crippen molar-refractivity contribution in [3.05, 3.63) is 48.0 Å². The van der Waals surface area contributed by atoms with Crippen molar-refractivity contribution >= 4 is 23.5 Å². The number of amides is 2. The third-order valence-corrected chi connectivity index (χ3v) is 3.96. The number of fused-ring (bicyclic) bond motifs is 1. The van der Waals surface area contributed by atoms with Crippen LogP contribution in [0.4, 0.5) is 11.6 Å². The molecular weight excluding hydrogens is 332 g/mol. The summed E-state index contributed by atoms with van der Waals surface area (Å²) in [4.78, 5) is 30.8. The molecule has 7 heteroatoms. The largest absolute Gasteiger partial charge is 0.472 e. The Bertz CT molecular complexity index is 808. The lowest BCUT2D eigenvalue weighted by Crippen LogP contribution is -2.47. The second-order valence-electron chi connectivity index (χ2n) is 6.59. The van der Waals surface area contributed by atoms with Crippen LogP contribution in [0.2, 0.25) is 0 Å². The Kier molecular flexibility index (Phi) is 5.06. The van der Waals surface area contributed by atoms with Gasteiger partial charge in [0, 0.05) is 12.1 Å². The summed E-state index contributed by atoms with van der Waals surface area (Å²) in [7, 11) is 0. The number of aromatic nitrogens is 1. The fraction of sp³-hybridized carbons (Fsp3) is 0.316. The van der Waals surface area contributed by atoms with Crippen LogP contribution >= 0.6 is 0 Å². The van der Waals surface area contributed by atoms with Crippen LogP contribution in [-0.2, 0) is 9.59 Å². The number of hydrogen-bond donors (Lipinski definition) is 2. The monoisotopic (exact) mass is 354 g/mol. The number of nitrogens with zero attached hydrogens (tertiary/aromatic N) is 2. The van der Waals surface area contributed by atoms with E-state index in [-0.39, 0.29) is 30.0 Å². The Hall–Kier alpha value is -3.09. The summed E-state index contributed by atoms with van der Waals surface area (Å²) in [6, 6.07) is 12.4. The van der Waals surface area contributed by atoms with Gasteiger partial charge in [-0.3, -0.25) is 14.5 Å². The molecule has 0 aliphatic carbocycles. The predicted molar refractivity (Wildman–Crippen MR) is 98.7 cm³/mol. The highest BCUT2D eigenvalue weighted by Gasteiger charge is 2.37. The average molecular weight is 354 g/mol. The van der Waals surface area contributed by atoms with Crippen molar-refractivity contribution < 1.29 is 14.3 Å². The van der Waals surface area contributed by atoms with E-state index in [2.05, 4.69) is 10.3 Å². The molecule has 136 valence electrons. The van der Waals surface area contributed by atoms with Gasteiger partial charge in [-0.05, 0) is 18.1 Å². The Morgan fingerprint density at radius 1 is 1.27 bits per heavy atom. The molecule has 1 unspecified atom stereocenters. The van der Waals surface area contributed by atoms with Gasteiger partial charge in [-0.2, -0.15) is 0 Å². The number of nitrogens with two attached hydrogens (primary N) is 1. The van der Waals surface area contributed by atoms with Crippen molar-refractivity contribution in [2.75, 3.05) is 23.7 Å². The fourth-order valence-corrected chi connectivity index (χ4v) is 2.67. The van der Waals surface area contributed by atoms with Gasteiger partial charge in [-0.1, -0.05) is 44.2 Å². The van der Waals surface area contributed by atoms with Gasteiger partial charge in [-0.15, -0.1) is 0 Å². The first-order chi connectivity index (χ1) is 12.5. The summed E-state index contributed by atoms with van der Waals surface area (Å²) in [5.41, 5.74) is 6.47. The molecule has 7 nitrogen and oxygen atoms in total. The number of pyridine rings is 1. The van der Waals surface area contributed by atoms with Gasteiger partial charge < -0.3 is 15.8 Å². The summed E-state index contributed by atoms with van der Waals surface area (Å²) in [6.45, 7) is 4.41. The lowest BCUT2D eigenvalue weighted by Gasteiger charge is -2.33. The van der Waals surface area contributed by atoms with E-state index in [0.717, 1.165) is 0 Å². The van der Waals surface area contributed by atoms with Gasteiger partial charge >= 0.3 is 0 Å². The van der Waals surface area contributed by atoms with Crippen LogP contribution < -0.4 is 20.7 Å². The second-order valence-corrected chi connectivity index (χ2v) is 6.59. The number of nitrogens with one attached hydrogen (secondary N) is 1.